The molecule has 0 bridgehead atoms. The molecule has 6 nitrogen and oxygen atoms in total. The maximum atomic E-state index is 14.2. The van der Waals surface area contributed by atoms with E-state index in [0.717, 1.165) is 0 Å². The molecular weight excluding hydrogens is 355 g/mol. The van der Waals surface area contributed by atoms with Gasteiger partial charge in [0.2, 0.25) is 0 Å². The Morgan fingerprint density at radius 1 is 1.35 bits per heavy atom. The minimum Gasteiger partial charge on any atom is -0.341 e. The molecular formula is C18H18FN4O2S+. The molecule has 1 amide bonds. The van der Waals surface area contributed by atoms with Crippen molar-refractivity contribution in [2.75, 3.05) is 0 Å². The Labute approximate surface area is 153 Å². The van der Waals surface area contributed by atoms with Crippen LogP contribution in [-0.4, -0.2) is 31.5 Å². The lowest BCUT2D eigenvalue weighted by molar-refractivity contribution is 0.0914. The third-order valence-corrected chi connectivity index (χ3v) is 5.26. The summed E-state index contributed by atoms with van der Waals surface area (Å²) < 4.78 is 26.8. The summed E-state index contributed by atoms with van der Waals surface area (Å²) in [5.41, 5.74) is 0.341. The van der Waals surface area contributed by atoms with E-state index < -0.39 is 11.4 Å². The zero-order chi connectivity index (χ0) is 18.9. The summed E-state index contributed by atoms with van der Waals surface area (Å²) in [5, 5.41) is 7.15. The number of carbonyl (C=O) groups is 1. The summed E-state index contributed by atoms with van der Waals surface area (Å²) in [6, 6.07) is 6.17. The van der Waals surface area contributed by atoms with Gasteiger partial charge < -0.3 is 5.32 Å². The fourth-order valence-corrected chi connectivity index (χ4v) is 2.77. The van der Waals surface area contributed by atoms with E-state index in [4.69, 9.17) is 0 Å². The standard InChI is InChI=1S/C18H17FN4O2S/c1-11(26-25)18(2,3)21-17(24)13-6-7-15(19)16-14(13)10-23(22-16)12-5-4-8-20-9-12/h4-11H,1-3H3/p+1. The number of nitrogens with zero attached hydrogens (tertiary/aromatic N) is 3. The Balaban J connectivity index is 2.04. The molecule has 3 aromatic rings. The Kier molecular flexibility index (Phi) is 4.78. The summed E-state index contributed by atoms with van der Waals surface area (Å²) in [4.78, 5) is 16.8. The van der Waals surface area contributed by atoms with Gasteiger partial charge in [0.25, 0.3) is 11.2 Å². The fourth-order valence-electron chi connectivity index (χ4n) is 2.47. The number of rotatable bonds is 5. The number of hydrogen-bond acceptors (Lipinski definition) is 4. The number of pyridine rings is 1. The molecule has 3 rings (SSSR count). The zero-order valence-corrected chi connectivity index (χ0v) is 15.4. The Morgan fingerprint density at radius 2 is 2.12 bits per heavy atom. The van der Waals surface area contributed by atoms with Gasteiger partial charge >= 0.3 is 11.7 Å². The van der Waals surface area contributed by atoms with Gasteiger partial charge in [0.1, 0.15) is 5.52 Å². The van der Waals surface area contributed by atoms with Crippen molar-refractivity contribution in [1.29, 1.82) is 0 Å². The third-order valence-electron chi connectivity index (χ3n) is 4.38. The highest BCUT2D eigenvalue weighted by Crippen LogP contribution is 2.23. The maximum Gasteiger partial charge on any atom is 0.464 e. The van der Waals surface area contributed by atoms with Gasteiger partial charge in [-0.25, -0.2) is 9.07 Å². The molecule has 0 aliphatic rings. The minimum atomic E-state index is -0.719. The van der Waals surface area contributed by atoms with Crippen molar-refractivity contribution in [1.82, 2.24) is 20.1 Å². The number of nitrogens with one attached hydrogen (secondary N) is 1. The molecule has 1 aromatic carbocycles. The molecule has 8 heteroatoms. The second-order valence-electron chi connectivity index (χ2n) is 6.56. The van der Waals surface area contributed by atoms with Crippen molar-refractivity contribution in [3.63, 3.8) is 0 Å². The van der Waals surface area contributed by atoms with Crippen LogP contribution in [0.15, 0.2) is 42.9 Å². The lowest BCUT2D eigenvalue weighted by Gasteiger charge is -2.23. The monoisotopic (exact) mass is 373 g/mol. The molecule has 26 heavy (non-hydrogen) atoms. The van der Waals surface area contributed by atoms with E-state index in [-0.39, 0.29) is 16.7 Å². The number of amides is 1. The van der Waals surface area contributed by atoms with E-state index in [1.54, 1.807) is 51.5 Å². The van der Waals surface area contributed by atoms with Gasteiger partial charge in [-0.2, -0.15) is 5.10 Å². The van der Waals surface area contributed by atoms with Crippen molar-refractivity contribution in [2.45, 2.75) is 31.6 Å². The Morgan fingerprint density at radius 3 is 2.77 bits per heavy atom. The molecule has 1 unspecified atom stereocenters. The van der Waals surface area contributed by atoms with Gasteiger partial charge in [-0.1, -0.05) is 0 Å². The van der Waals surface area contributed by atoms with Crippen molar-refractivity contribution in [3.05, 3.63) is 54.2 Å². The van der Waals surface area contributed by atoms with E-state index >= 15 is 0 Å². The van der Waals surface area contributed by atoms with Crippen LogP contribution in [0.2, 0.25) is 0 Å². The van der Waals surface area contributed by atoms with Gasteiger partial charge in [-0.15, -0.1) is 0 Å². The van der Waals surface area contributed by atoms with Gasteiger partial charge in [0.15, 0.2) is 5.82 Å². The molecule has 0 saturated heterocycles. The van der Waals surface area contributed by atoms with Crippen LogP contribution in [0.1, 0.15) is 31.1 Å². The van der Waals surface area contributed by atoms with E-state index in [2.05, 4.69) is 15.4 Å². The van der Waals surface area contributed by atoms with Crippen LogP contribution in [0.3, 0.4) is 0 Å². The van der Waals surface area contributed by atoms with Gasteiger partial charge in [-0.3, -0.25) is 9.78 Å². The molecule has 0 saturated carbocycles. The molecule has 0 fully saturated rings. The molecule has 0 radical (unpaired) electrons. The van der Waals surface area contributed by atoms with E-state index in [0.29, 0.717) is 28.3 Å². The lowest BCUT2D eigenvalue weighted by atomic mass is 10.00. The topological polar surface area (TPSA) is 76.9 Å². The smallest absolute Gasteiger partial charge is 0.341 e. The second-order valence-corrected chi connectivity index (χ2v) is 7.46. The van der Waals surface area contributed by atoms with E-state index in [9.17, 15) is 13.4 Å². The summed E-state index contributed by atoms with van der Waals surface area (Å²) >= 11 is 0.428. The quantitative estimate of drug-likeness (QED) is 0.698. The highest BCUT2D eigenvalue weighted by Gasteiger charge is 2.37. The number of fused-ring (bicyclic) bond motifs is 1. The summed E-state index contributed by atoms with van der Waals surface area (Å²) in [6.45, 7) is 5.30. The SMILES string of the molecule is CC([S+]=O)C(C)(C)NC(=O)c1ccc(F)c2nn(-c3cccnc3)cc12. The maximum absolute atomic E-state index is 14.2. The first-order chi connectivity index (χ1) is 12.3. The highest BCUT2D eigenvalue weighted by atomic mass is 32.1. The first-order valence-corrected chi connectivity index (χ1v) is 8.83. The van der Waals surface area contributed by atoms with E-state index in [1.807, 2.05) is 0 Å². The average Bonchev–Trinajstić information content (AvgIpc) is 3.07. The number of hydrogen-bond donors (Lipinski definition) is 1. The summed E-state index contributed by atoms with van der Waals surface area (Å²) in [6.07, 6.45) is 4.83. The molecule has 0 aliphatic carbocycles. The normalized spacial score (nSPS) is 12.8. The van der Waals surface area contributed by atoms with Gasteiger partial charge in [0.05, 0.1) is 23.0 Å². The van der Waals surface area contributed by atoms with Crippen LogP contribution < -0.4 is 5.32 Å². The predicted molar refractivity (Wildman–Crippen MR) is 97.9 cm³/mol. The van der Waals surface area contributed by atoms with Gasteiger partial charge in [0, 0.05) is 22.0 Å². The van der Waals surface area contributed by atoms with Crippen molar-refractivity contribution >= 4 is 28.5 Å². The molecule has 0 spiro atoms. The van der Waals surface area contributed by atoms with Crippen LogP contribution >= 0.6 is 0 Å². The third kappa shape index (κ3) is 3.32. The van der Waals surface area contributed by atoms with Crippen LogP contribution in [0.4, 0.5) is 4.39 Å². The zero-order valence-electron chi connectivity index (χ0n) is 14.6. The highest BCUT2D eigenvalue weighted by molar-refractivity contribution is 7.66. The van der Waals surface area contributed by atoms with Crippen molar-refractivity contribution in [3.8, 4) is 5.69 Å². The first-order valence-electron chi connectivity index (χ1n) is 8.03. The number of benzene rings is 1. The lowest BCUT2D eigenvalue weighted by Crippen LogP contribution is -2.50. The largest absolute Gasteiger partial charge is 0.464 e. The van der Waals surface area contributed by atoms with Crippen LogP contribution in [-0.2, 0) is 15.9 Å². The number of carbonyl (C=O) groups excluding carboxylic acids is 1. The molecule has 1 N–H and O–H groups in total. The first kappa shape index (κ1) is 18.1. The second kappa shape index (κ2) is 6.87. The Bertz CT molecular complexity index is 972. The van der Waals surface area contributed by atoms with Crippen LogP contribution in [0, 0.1) is 5.82 Å². The van der Waals surface area contributed by atoms with Gasteiger partial charge in [-0.05, 0) is 45.0 Å². The molecule has 2 heterocycles. The summed E-state index contributed by atoms with van der Waals surface area (Å²) in [7, 11) is 0. The molecule has 2 aromatic heterocycles. The minimum absolute atomic E-state index is 0.102. The van der Waals surface area contributed by atoms with Crippen LogP contribution in [0.25, 0.3) is 16.6 Å². The van der Waals surface area contributed by atoms with Crippen molar-refractivity contribution in [2.24, 2.45) is 0 Å². The van der Waals surface area contributed by atoms with E-state index in [1.165, 1.54) is 16.8 Å². The fraction of sp³-hybridized carbons (Fsp3) is 0.278. The Hall–Kier alpha value is -2.74. The summed E-state index contributed by atoms with van der Waals surface area (Å²) in [5.74, 6) is -0.895. The predicted octanol–water partition coefficient (Wildman–Crippen LogP) is 2.88. The van der Waals surface area contributed by atoms with Crippen LogP contribution in [0.5, 0.6) is 0 Å². The molecule has 1 atom stereocenters. The number of aromatic nitrogens is 3. The van der Waals surface area contributed by atoms with Crippen molar-refractivity contribution < 1.29 is 13.4 Å². The average molecular weight is 373 g/mol. The molecule has 0 aliphatic heterocycles. The number of halogens is 1. The molecule has 134 valence electrons.